The number of rotatable bonds is 7. The fraction of sp³-hybridized carbons (Fsp3) is 0.364. The zero-order valence-electron chi connectivity index (χ0n) is 16.6. The molecule has 0 saturated carbocycles. The van der Waals surface area contributed by atoms with Gasteiger partial charge in [-0.25, -0.2) is 4.79 Å². The summed E-state index contributed by atoms with van der Waals surface area (Å²) in [6.45, 7) is 2.58. The molecule has 1 aliphatic rings. The number of nitrogens with zero attached hydrogens (tertiary/aromatic N) is 1. The van der Waals surface area contributed by atoms with E-state index in [0.29, 0.717) is 24.6 Å². The maximum absolute atomic E-state index is 12.4. The molecule has 154 valence electrons. The fourth-order valence-corrected chi connectivity index (χ4v) is 3.66. The van der Waals surface area contributed by atoms with Crippen LogP contribution in [0.4, 0.5) is 4.79 Å². The Morgan fingerprint density at radius 2 is 1.76 bits per heavy atom. The molecule has 2 atom stereocenters. The van der Waals surface area contributed by atoms with Gasteiger partial charge in [0.05, 0.1) is 13.1 Å². The van der Waals surface area contributed by atoms with Crippen molar-refractivity contribution in [2.24, 2.45) is 0 Å². The Hall–Kier alpha value is -2.51. The Balaban J connectivity index is 1.56. The van der Waals surface area contributed by atoms with Crippen LogP contribution in [-0.2, 0) is 26.6 Å². The fourth-order valence-electron chi connectivity index (χ4n) is 3.11. The molecular formula is C22H25NO5S. The lowest BCUT2D eigenvalue weighted by molar-refractivity contribution is -0.109. The third-order valence-corrected chi connectivity index (χ3v) is 5.49. The highest BCUT2D eigenvalue weighted by molar-refractivity contribution is 8.12. The van der Waals surface area contributed by atoms with Crippen LogP contribution in [0.15, 0.2) is 54.6 Å². The average Bonchev–Trinajstić information content (AvgIpc) is 3.14. The van der Waals surface area contributed by atoms with Crippen molar-refractivity contribution in [3.63, 3.8) is 0 Å². The molecule has 0 aliphatic carbocycles. The van der Waals surface area contributed by atoms with E-state index >= 15 is 0 Å². The molecule has 2 aromatic rings. The Morgan fingerprint density at radius 3 is 2.48 bits per heavy atom. The van der Waals surface area contributed by atoms with Gasteiger partial charge >= 0.3 is 6.09 Å². The van der Waals surface area contributed by atoms with Gasteiger partial charge in [-0.05, 0) is 23.3 Å². The first kappa shape index (κ1) is 21.2. The van der Waals surface area contributed by atoms with Gasteiger partial charge in [-0.2, -0.15) is 0 Å². The van der Waals surface area contributed by atoms with Gasteiger partial charge < -0.3 is 19.1 Å². The van der Waals surface area contributed by atoms with E-state index in [0.717, 1.165) is 11.1 Å². The summed E-state index contributed by atoms with van der Waals surface area (Å²) in [6, 6.07) is 17.2. The third kappa shape index (κ3) is 6.24. The Morgan fingerprint density at radius 1 is 1.03 bits per heavy atom. The molecule has 1 aliphatic heterocycles. The molecule has 0 unspecified atom stereocenters. The highest BCUT2D eigenvalue weighted by Gasteiger charge is 2.38. The molecule has 1 saturated heterocycles. The monoisotopic (exact) mass is 415 g/mol. The molecule has 7 heteroatoms. The van der Waals surface area contributed by atoms with E-state index in [9.17, 15) is 9.59 Å². The van der Waals surface area contributed by atoms with Gasteiger partial charge in [0, 0.05) is 19.8 Å². The highest BCUT2D eigenvalue weighted by atomic mass is 32.2. The van der Waals surface area contributed by atoms with Gasteiger partial charge in [0.1, 0.15) is 24.6 Å². The minimum Gasteiger partial charge on any atom is -0.486 e. The summed E-state index contributed by atoms with van der Waals surface area (Å²) in [5.41, 5.74) is 1.95. The number of thioether (sulfide) groups is 1. The van der Waals surface area contributed by atoms with E-state index in [-0.39, 0.29) is 30.0 Å². The van der Waals surface area contributed by atoms with Crippen LogP contribution in [0.5, 0.6) is 5.75 Å². The quantitative estimate of drug-likeness (QED) is 0.684. The van der Waals surface area contributed by atoms with E-state index in [2.05, 4.69) is 0 Å². The van der Waals surface area contributed by atoms with Crippen molar-refractivity contribution in [3.8, 4) is 5.75 Å². The lowest BCUT2D eigenvalue weighted by atomic mass is 10.2. The summed E-state index contributed by atoms with van der Waals surface area (Å²) in [6.07, 6.45) is -0.914. The van der Waals surface area contributed by atoms with Crippen LogP contribution in [-0.4, -0.2) is 48.5 Å². The average molecular weight is 416 g/mol. The van der Waals surface area contributed by atoms with Crippen molar-refractivity contribution in [3.05, 3.63) is 65.7 Å². The first-order valence-corrected chi connectivity index (χ1v) is 10.4. The van der Waals surface area contributed by atoms with E-state index in [1.165, 1.54) is 11.8 Å². The molecule has 0 N–H and O–H groups in total. The highest BCUT2D eigenvalue weighted by Crippen LogP contribution is 2.24. The number of likely N-dealkylation sites (tertiary alicyclic amines) is 1. The molecule has 2 aromatic carbocycles. The molecule has 0 spiro atoms. The minimum atomic E-state index is -0.381. The summed E-state index contributed by atoms with van der Waals surface area (Å²) in [5.74, 6) is 1.29. The minimum absolute atomic E-state index is 0.0798. The van der Waals surface area contributed by atoms with Gasteiger partial charge in [-0.15, -0.1) is 0 Å². The number of hydrogen-bond acceptors (Lipinski definition) is 6. The second kappa shape index (κ2) is 10.3. The van der Waals surface area contributed by atoms with E-state index in [4.69, 9.17) is 14.2 Å². The van der Waals surface area contributed by atoms with Crippen molar-refractivity contribution in [1.82, 2.24) is 4.90 Å². The summed E-state index contributed by atoms with van der Waals surface area (Å²) < 4.78 is 17.0. The van der Waals surface area contributed by atoms with Crippen molar-refractivity contribution < 1.29 is 23.8 Å². The molecule has 0 aromatic heterocycles. The van der Waals surface area contributed by atoms with Crippen LogP contribution in [0.25, 0.3) is 0 Å². The van der Waals surface area contributed by atoms with Crippen LogP contribution in [0.1, 0.15) is 18.1 Å². The lowest BCUT2D eigenvalue weighted by Gasteiger charge is -2.19. The molecule has 1 amide bonds. The molecule has 1 heterocycles. The SMILES string of the molecule is CO[C@@H]1CN(C(=O)OCc2ccccc2)C[C@H]1Oc1cccc(CSC(C)=O)c1. The van der Waals surface area contributed by atoms with Crippen LogP contribution < -0.4 is 4.74 Å². The molecule has 3 rings (SSSR count). The second-order valence-electron chi connectivity index (χ2n) is 6.80. The number of carbonyl (C=O) groups is 2. The predicted octanol–water partition coefficient (Wildman–Crippen LogP) is 3.88. The normalized spacial score (nSPS) is 18.5. The first-order chi connectivity index (χ1) is 14.0. The molecule has 0 bridgehead atoms. The van der Waals surface area contributed by atoms with Gasteiger partial charge in [-0.1, -0.05) is 54.2 Å². The first-order valence-electron chi connectivity index (χ1n) is 9.42. The summed E-state index contributed by atoms with van der Waals surface area (Å²) in [5, 5.41) is 0.0798. The van der Waals surface area contributed by atoms with Gasteiger partial charge in [-0.3, -0.25) is 4.79 Å². The van der Waals surface area contributed by atoms with E-state index in [1.807, 2.05) is 54.6 Å². The molecule has 6 nitrogen and oxygen atoms in total. The van der Waals surface area contributed by atoms with Gasteiger partial charge in [0.15, 0.2) is 5.12 Å². The second-order valence-corrected chi connectivity index (χ2v) is 7.96. The van der Waals surface area contributed by atoms with Crippen molar-refractivity contribution >= 4 is 23.0 Å². The maximum Gasteiger partial charge on any atom is 0.410 e. The Kier molecular flexibility index (Phi) is 7.55. The number of methoxy groups -OCH3 is 1. The van der Waals surface area contributed by atoms with Gasteiger partial charge in [0.2, 0.25) is 0 Å². The maximum atomic E-state index is 12.4. The van der Waals surface area contributed by atoms with Crippen molar-refractivity contribution in [1.29, 1.82) is 0 Å². The number of carbonyl (C=O) groups excluding carboxylic acids is 2. The number of benzene rings is 2. The van der Waals surface area contributed by atoms with E-state index < -0.39 is 0 Å². The topological polar surface area (TPSA) is 65.1 Å². The summed E-state index contributed by atoms with van der Waals surface area (Å²) in [4.78, 5) is 25.2. The Labute approximate surface area is 175 Å². The predicted molar refractivity (Wildman–Crippen MR) is 112 cm³/mol. The molecular weight excluding hydrogens is 390 g/mol. The van der Waals surface area contributed by atoms with Crippen LogP contribution in [0.2, 0.25) is 0 Å². The smallest absolute Gasteiger partial charge is 0.410 e. The van der Waals surface area contributed by atoms with Crippen LogP contribution >= 0.6 is 11.8 Å². The summed E-state index contributed by atoms with van der Waals surface area (Å²) in [7, 11) is 1.61. The third-order valence-electron chi connectivity index (χ3n) is 4.61. The largest absolute Gasteiger partial charge is 0.486 e. The molecule has 1 fully saturated rings. The van der Waals surface area contributed by atoms with Crippen LogP contribution in [0, 0.1) is 0 Å². The summed E-state index contributed by atoms with van der Waals surface area (Å²) >= 11 is 1.26. The number of amides is 1. The number of hydrogen-bond donors (Lipinski definition) is 0. The Bertz CT molecular complexity index is 829. The number of ether oxygens (including phenoxy) is 3. The van der Waals surface area contributed by atoms with E-state index in [1.54, 1.807) is 18.9 Å². The zero-order valence-corrected chi connectivity index (χ0v) is 17.4. The lowest BCUT2D eigenvalue weighted by Crippen LogP contribution is -2.32. The van der Waals surface area contributed by atoms with Crippen LogP contribution in [0.3, 0.4) is 0 Å². The zero-order chi connectivity index (χ0) is 20.6. The van der Waals surface area contributed by atoms with Gasteiger partial charge in [0.25, 0.3) is 0 Å². The van der Waals surface area contributed by atoms with Crippen molar-refractivity contribution in [2.75, 3.05) is 20.2 Å². The molecule has 0 radical (unpaired) electrons. The molecule has 29 heavy (non-hydrogen) atoms. The standard InChI is InChI=1S/C22H25NO5S/c1-16(24)29-15-18-9-6-10-19(11-18)28-21-13-23(12-20(21)26-2)22(25)27-14-17-7-4-3-5-8-17/h3-11,20-21H,12-15H2,1-2H3/t20-,21-/m1/s1. The van der Waals surface area contributed by atoms with Crippen molar-refractivity contribution in [2.45, 2.75) is 31.5 Å².